The molecule has 7 heteroatoms. The number of nitro groups is 1. The van der Waals surface area contributed by atoms with Gasteiger partial charge in [0.15, 0.2) is 0 Å². The Balaban J connectivity index is 2.23. The molecule has 1 aromatic heterocycles. The van der Waals surface area contributed by atoms with Crippen molar-refractivity contribution in [1.82, 2.24) is 9.55 Å². The lowest BCUT2D eigenvalue weighted by Gasteiger charge is -2.06. The zero-order chi connectivity index (χ0) is 15.7. The van der Waals surface area contributed by atoms with E-state index in [0.29, 0.717) is 16.9 Å². The average Bonchev–Trinajstić information content (AvgIpc) is 2.86. The molecule has 0 aliphatic rings. The van der Waals surface area contributed by atoms with Gasteiger partial charge in [-0.25, -0.2) is 4.98 Å². The number of hydrogen-bond donors (Lipinski definition) is 1. The number of benzene rings is 2. The van der Waals surface area contributed by atoms with Crippen LogP contribution in [0.25, 0.3) is 22.4 Å². The number of non-ortho nitro benzene ring substituents is 1. The van der Waals surface area contributed by atoms with Gasteiger partial charge in [0.2, 0.25) is 5.91 Å². The molecule has 0 saturated carbocycles. The van der Waals surface area contributed by atoms with Crippen LogP contribution in [0.5, 0.6) is 0 Å². The molecule has 1 heterocycles. The van der Waals surface area contributed by atoms with Crippen LogP contribution in [0.15, 0.2) is 48.5 Å². The summed E-state index contributed by atoms with van der Waals surface area (Å²) < 4.78 is 1.66. The molecule has 0 fully saturated rings. The van der Waals surface area contributed by atoms with Crippen LogP contribution >= 0.6 is 0 Å². The lowest BCUT2D eigenvalue weighted by molar-refractivity contribution is -0.384. The van der Waals surface area contributed by atoms with E-state index in [0.717, 1.165) is 5.52 Å². The fraction of sp³-hybridized carbons (Fsp3) is 0.0667. The van der Waals surface area contributed by atoms with Crippen LogP contribution in [0, 0.1) is 10.1 Å². The number of nitro benzene ring substituents is 1. The topological polar surface area (TPSA) is 104 Å². The van der Waals surface area contributed by atoms with E-state index in [1.807, 2.05) is 24.3 Å². The number of amides is 1. The first-order valence-electron chi connectivity index (χ1n) is 6.54. The van der Waals surface area contributed by atoms with Crippen LogP contribution in [-0.2, 0) is 11.3 Å². The van der Waals surface area contributed by atoms with Gasteiger partial charge in [-0.2, -0.15) is 0 Å². The Labute approximate surface area is 125 Å². The third-order valence-corrected chi connectivity index (χ3v) is 3.28. The summed E-state index contributed by atoms with van der Waals surface area (Å²) in [6.07, 6.45) is 0. The van der Waals surface area contributed by atoms with Crippen LogP contribution < -0.4 is 5.73 Å². The molecule has 3 rings (SSSR count). The first kappa shape index (κ1) is 13.7. The minimum Gasteiger partial charge on any atom is -0.368 e. The molecule has 110 valence electrons. The largest absolute Gasteiger partial charge is 0.368 e. The lowest BCUT2D eigenvalue weighted by Crippen LogP contribution is -2.19. The van der Waals surface area contributed by atoms with Gasteiger partial charge in [-0.3, -0.25) is 14.9 Å². The fourth-order valence-corrected chi connectivity index (χ4v) is 2.37. The molecule has 0 atom stereocenters. The van der Waals surface area contributed by atoms with E-state index in [4.69, 9.17) is 5.73 Å². The second-order valence-corrected chi connectivity index (χ2v) is 4.78. The van der Waals surface area contributed by atoms with Crippen LogP contribution in [0.1, 0.15) is 0 Å². The summed E-state index contributed by atoms with van der Waals surface area (Å²) in [6.45, 7) is -0.0431. The van der Waals surface area contributed by atoms with Crippen molar-refractivity contribution in [3.63, 3.8) is 0 Å². The number of fused-ring (bicyclic) bond motifs is 1. The third kappa shape index (κ3) is 2.39. The number of primary amides is 1. The molecular formula is C15H12N4O3. The molecule has 0 aliphatic carbocycles. The number of carbonyl (C=O) groups is 1. The van der Waals surface area contributed by atoms with E-state index in [9.17, 15) is 14.9 Å². The average molecular weight is 296 g/mol. The number of para-hydroxylation sites is 2. The van der Waals surface area contributed by atoms with Gasteiger partial charge in [-0.15, -0.1) is 0 Å². The van der Waals surface area contributed by atoms with Gasteiger partial charge in [0.25, 0.3) is 5.69 Å². The monoisotopic (exact) mass is 296 g/mol. The van der Waals surface area contributed by atoms with Gasteiger partial charge in [-0.05, 0) is 12.1 Å². The highest BCUT2D eigenvalue weighted by Gasteiger charge is 2.16. The van der Waals surface area contributed by atoms with Crippen LogP contribution in [0.2, 0.25) is 0 Å². The molecule has 0 bridgehead atoms. The molecule has 0 saturated heterocycles. The van der Waals surface area contributed by atoms with Crippen molar-refractivity contribution >= 4 is 22.6 Å². The van der Waals surface area contributed by atoms with Gasteiger partial charge in [-0.1, -0.05) is 24.3 Å². The van der Waals surface area contributed by atoms with Crippen molar-refractivity contribution in [3.05, 3.63) is 58.6 Å². The van der Waals surface area contributed by atoms with E-state index in [1.54, 1.807) is 16.7 Å². The van der Waals surface area contributed by atoms with E-state index >= 15 is 0 Å². The van der Waals surface area contributed by atoms with E-state index < -0.39 is 10.8 Å². The maximum absolute atomic E-state index is 11.3. The Kier molecular flexibility index (Phi) is 3.30. The quantitative estimate of drug-likeness (QED) is 0.588. The molecule has 1 amide bonds. The summed E-state index contributed by atoms with van der Waals surface area (Å²) in [5, 5.41) is 10.9. The summed E-state index contributed by atoms with van der Waals surface area (Å²) in [7, 11) is 0. The van der Waals surface area contributed by atoms with Gasteiger partial charge in [0, 0.05) is 17.7 Å². The molecule has 0 aliphatic heterocycles. The second-order valence-electron chi connectivity index (χ2n) is 4.78. The van der Waals surface area contributed by atoms with Crippen molar-refractivity contribution in [1.29, 1.82) is 0 Å². The fourth-order valence-electron chi connectivity index (χ4n) is 2.37. The number of imidazole rings is 1. The van der Waals surface area contributed by atoms with Gasteiger partial charge in [0.1, 0.15) is 12.4 Å². The molecule has 7 nitrogen and oxygen atoms in total. The van der Waals surface area contributed by atoms with E-state index in [2.05, 4.69) is 4.98 Å². The normalized spacial score (nSPS) is 10.7. The minimum atomic E-state index is -0.505. The summed E-state index contributed by atoms with van der Waals surface area (Å²) >= 11 is 0. The highest BCUT2D eigenvalue weighted by Crippen LogP contribution is 2.27. The molecule has 2 aromatic carbocycles. The minimum absolute atomic E-state index is 0.0322. The third-order valence-electron chi connectivity index (χ3n) is 3.28. The van der Waals surface area contributed by atoms with Gasteiger partial charge in [0.05, 0.1) is 16.0 Å². The van der Waals surface area contributed by atoms with Crippen LogP contribution in [0.3, 0.4) is 0 Å². The first-order chi connectivity index (χ1) is 10.6. The van der Waals surface area contributed by atoms with Crippen molar-refractivity contribution in [3.8, 4) is 11.4 Å². The van der Waals surface area contributed by atoms with E-state index in [1.165, 1.54) is 12.1 Å². The van der Waals surface area contributed by atoms with Crippen molar-refractivity contribution in [2.24, 2.45) is 5.73 Å². The van der Waals surface area contributed by atoms with Crippen molar-refractivity contribution in [2.75, 3.05) is 0 Å². The van der Waals surface area contributed by atoms with Crippen LogP contribution in [-0.4, -0.2) is 20.4 Å². The Morgan fingerprint density at radius 1 is 1.23 bits per heavy atom. The summed E-state index contributed by atoms with van der Waals surface area (Å²) in [5.41, 5.74) is 7.29. The number of nitrogens with zero attached hydrogens (tertiary/aromatic N) is 3. The number of nitrogens with two attached hydrogens (primary N) is 1. The summed E-state index contributed by atoms with van der Waals surface area (Å²) in [4.78, 5) is 26.3. The molecular weight excluding hydrogens is 284 g/mol. The number of rotatable bonds is 4. The smallest absolute Gasteiger partial charge is 0.270 e. The molecule has 0 unspecified atom stereocenters. The van der Waals surface area contributed by atoms with Crippen molar-refractivity contribution in [2.45, 2.75) is 6.54 Å². The zero-order valence-electron chi connectivity index (χ0n) is 11.5. The maximum Gasteiger partial charge on any atom is 0.270 e. The Morgan fingerprint density at radius 2 is 2.00 bits per heavy atom. The SMILES string of the molecule is NC(=O)Cn1c(-c2cccc([N+](=O)[O-])c2)nc2ccccc21. The zero-order valence-corrected chi connectivity index (χ0v) is 11.5. The first-order valence-corrected chi connectivity index (χ1v) is 6.54. The number of aromatic nitrogens is 2. The number of hydrogen-bond acceptors (Lipinski definition) is 4. The molecule has 3 aromatic rings. The standard InChI is InChI=1S/C15H12N4O3/c16-14(20)9-18-13-7-2-1-6-12(13)17-15(18)10-4-3-5-11(8-10)19(21)22/h1-8H,9H2,(H2,16,20). The Morgan fingerprint density at radius 3 is 2.73 bits per heavy atom. The predicted octanol–water partition coefficient (Wildman–Crippen LogP) is 2.10. The highest BCUT2D eigenvalue weighted by molar-refractivity contribution is 5.84. The van der Waals surface area contributed by atoms with Crippen LogP contribution in [0.4, 0.5) is 5.69 Å². The molecule has 2 N–H and O–H groups in total. The summed E-state index contributed by atoms with van der Waals surface area (Å²) in [6, 6.07) is 13.4. The Hall–Kier alpha value is -3.22. The van der Waals surface area contributed by atoms with E-state index in [-0.39, 0.29) is 12.2 Å². The number of carbonyl (C=O) groups excluding carboxylic acids is 1. The summed E-state index contributed by atoms with van der Waals surface area (Å²) in [5.74, 6) is -0.0291. The van der Waals surface area contributed by atoms with Crippen molar-refractivity contribution < 1.29 is 9.72 Å². The van der Waals surface area contributed by atoms with Gasteiger partial charge < -0.3 is 10.3 Å². The lowest BCUT2D eigenvalue weighted by atomic mass is 10.2. The second kappa shape index (κ2) is 5.28. The highest BCUT2D eigenvalue weighted by atomic mass is 16.6. The Bertz CT molecular complexity index is 885. The molecule has 0 radical (unpaired) electrons. The molecule has 22 heavy (non-hydrogen) atoms. The molecule has 0 spiro atoms. The van der Waals surface area contributed by atoms with Gasteiger partial charge >= 0.3 is 0 Å². The maximum atomic E-state index is 11.3. The predicted molar refractivity (Wildman–Crippen MR) is 81.0 cm³/mol.